The van der Waals surface area contributed by atoms with Gasteiger partial charge < -0.3 is 16.0 Å². The zero-order chi connectivity index (χ0) is 12.3. The van der Waals surface area contributed by atoms with E-state index in [9.17, 15) is 4.79 Å². The maximum absolute atomic E-state index is 11.8. The number of aromatic nitrogens is 1. The van der Waals surface area contributed by atoms with Crippen LogP contribution in [0.1, 0.15) is 30.3 Å². The molecule has 17 heavy (non-hydrogen) atoms. The molecular formula is C12H20N4O. The van der Waals surface area contributed by atoms with Crippen molar-refractivity contribution in [3.8, 4) is 0 Å². The van der Waals surface area contributed by atoms with Gasteiger partial charge in [0.2, 0.25) is 0 Å². The van der Waals surface area contributed by atoms with E-state index in [0.717, 1.165) is 13.1 Å². The number of rotatable bonds is 4. The largest absolute Gasteiger partial charge is 0.397 e. The highest BCUT2D eigenvalue weighted by atomic mass is 16.1. The Morgan fingerprint density at radius 2 is 2.29 bits per heavy atom. The van der Waals surface area contributed by atoms with E-state index in [0.29, 0.717) is 24.0 Å². The van der Waals surface area contributed by atoms with Crippen molar-refractivity contribution in [3.63, 3.8) is 0 Å². The third kappa shape index (κ3) is 3.00. The Kier molecular flexibility index (Phi) is 3.68. The third-order valence-electron chi connectivity index (χ3n) is 3.27. The smallest absolute Gasteiger partial charge is 0.267 e. The van der Waals surface area contributed by atoms with Crippen LogP contribution in [0.4, 0.5) is 5.69 Å². The van der Waals surface area contributed by atoms with Crippen LogP contribution in [0, 0.1) is 0 Å². The van der Waals surface area contributed by atoms with Gasteiger partial charge in [0, 0.05) is 24.5 Å². The molecule has 0 radical (unpaired) electrons. The molecule has 5 nitrogen and oxygen atoms in total. The number of nitrogens with zero attached hydrogens (tertiary/aromatic N) is 1. The summed E-state index contributed by atoms with van der Waals surface area (Å²) in [5.41, 5.74) is 6.66. The molecule has 1 atom stereocenters. The molecule has 0 bridgehead atoms. The fourth-order valence-corrected chi connectivity index (χ4v) is 2.19. The van der Waals surface area contributed by atoms with Crippen molar-refractivity contribution in [1.82, 2.24) is 15.2 Å². The van der Waals surface area contributed by atoms with Gasteiger partial charge in [-0.2, -0.15) is 0 Å². The lowest BCUT2D eigenvalue weighted by molar-refractivity contribution is 0.0936. The molecule has 0 spiro atoms. The van der Waals surface area contributed by atoms with Crippen molar-refractivity contribution in [2.75, 3.05) is 25.4 Å². The van der Waals surface area contributed by atoms with E-state index in [4.69, 9.17) is 5.73 Å². The summed E-state index contributed by atoms with van der Waals surface area (Å²) in [6.07, 6.45) is 4.16. The molecule has 1 saturated heterocycles. The molecule has 0 saturated carbocycles. The van der Waals surface area contributed by atoms with Crippen molar-refractivity contribution < 1.29 is 4.79 Å². The average molecular weight is 236 g/mol. The van der Waals surface area contributed by atoms with Crippen LogP contribution in [0.2, 0.25) is 0 Å². The summed E-state index contributed by atoms with van der Waals surface area (Å²) < 4.78 is 0. The lowest BCUT2D eigenvalue weighted by Gasteiger charge is -2.23. The number of hydrogen-bond acceptors (Lipinski definition) is 3. The van der Waals surface area contributed by atoms with Crippen LogP contribution >= 0.6 is 0 Å². The van der Waals surface area contributed by atoms with E-state index < -0.39 is 0 Å². The lowest BCUT2D eigenvalue weighted by Crippen LogP contribution is -2.40. The van der Waals surface area contributed by atoms with Crippen molar-refractivity contribution in [1.29, 1.82) is 0 Å². The van der Waals surface area contributed by atoms with Crippen LogP contribution in [0.15, 0.2) is 12.3 Å². The van der Waals surface area contributed by atoms with E-state index >= 15 is 0 Å². The molecule has 1 fully saturated rings. The van der Waals surface area contributed by atoms with Gasteiger partial charge >= 0.3 is 0 Å². The second-order valence-corrected chi connectivity index (χ2v) is 4.65. The summed E-state index contributed by atoms with van der Waals surface area (Å²) in [7, 11) is 0. The molecule has 1 aliphatic heterocycles. The second kappa shape index (κ2) is 5.23. The van der Waals surface area contributed by atoms with Gasteiger partial charge in [0.25, 0.3) is 5.91 Å². The Bertz CT molecular complexity index is 382. The van der Waals surface area contributed by atoms with Gasteiger partial charge in [0.05, 0.1) is 0 Å². The first-order valence-electron chi connectivity index (χ1n) is 6.13. The first kappa shape index (κ1) is 12.0. The fraction of sp³-hybridized carbons (Fsp3) is 0.583. The standard InChI is InChI=1S/C12H20N4O/c1-9(16-4-2-3-5-16)7-15-12(17)11-6-10(13)8-14-11/h6,8-9,14H,2-5,7,13H2,1H3,(H,15,17). The van der Waals surface area contributed by atoms with Gasteiger partial charge in [-0.15, -0.1) is 0 Å². The number of H-pyrrole nitrogens is 1. The first-order valence-corrected chi connectivity index (χ1v) is 6.13. The van der Waals surface area contributed by atoms with E-state index in [1.54, 1.807) is 12.3 Å². The molecule has 1 amide bonds. The van der Waals surface area contributed by atoms with Crippen molar-refractivity contribution in [2.24, 2.45) is 0 Å². The minimum Gasteiger partial charge on any atom is -0.397 e. The molecular weight excluding hydrogens is 216 g/mol. The van der Waals surface area contributed by atoms with Gasteiger partial charge in [-0.05, 0) is 38.9 Å². The van der Waals surface area contributed by atoms with E-state index in [1.165, 1.54) is 12.8 Å². The maximum atomic E-state index is 11.8. The zero-order valence-electron chi connectivity index (χ0n) is 10.2. The predicted molar refractivity (Wildman–Crippen MR) is 67.8 cm³/mol. The van der Waals surface area contributed by atoms with Crippen molar-refractivity contribution in [3.05, 3.63) is 18.0 Å². The summed E-state index contributed by atoms with van der Waals surface area (Å²) in [6.45, 7) is 5.12. The van der Waals surface area contributed by atoms with E-state index in [2.05, 4.69) is 22.1 Å². The van der Waals surface area contributed by atoms with Crippen LogP contribution in [0.3, 0.4) is 0 Å². The van der Waals surface area contributed by atoms with Gasteiger partial charge in [0.1, 0.15) is 5.69 Å². The number of anilines is 1. The van der Waals surface area contributed by atoms with Gasteiger partial charge in [-0.3, -0.25) is 9.69 Å². The Labute approximate surface area is 101 Å². The van der Waals surface area contributed by atoms with Crippen LogP contribution < -0.4 is 11.1 Å². The molecule has 2 rings (SSSR count). The Morgan fingerprint density at radius 3 is 2.88 bits per heavy atom. The molecule has 94 valence electrons. The number of nitrogens with two attached hydrogens (primary N) is 1. The summed E-state index contributed by atoms with van der Waals surface area (Å²) in [5, 5.41) is 2.92. The predicted octanol–water partition coefficient (Wildman–Crippen LogP) is 0.811. The molecule has 1 aliphatic rings. The Morgan fingerprint density at radius 1 is 1.59 bits per heavy atom. The van der Waals surface area contributed by atoms with E-state index in [-0.39, 0.29) is 5.91 Å². The average Bonchev–Trinajstić information content (AvgIpc) is 2.95. The highest BCUT2D eigenvalue weighted by Crippen LogP contribution is 2.11. The summed E-state index contributed by atoms with van der Waals surface area (Å²) in [4.78, 5) is 17.0. The van der Waals surface area contributed by atoms with Crippen LogP contribution in [-0.2, 0) is 0 Å². The molecule has 1 aromatic rings. The molecule has 0 aromatic carbocycles. The second-order valence-electron chi connectivity index (χ2n) is 4.65. The van der Waals surface area contributed by atoms with Crippen LogP contribution in [-0.4, -0.2) is 41.5 Å². The number of likely N-dealkylation sites (tertiary alicyclic amines) is 1. The van der Waals surface area contributed by atoms with Gasteiger partial charge in [-0.25, -0.2) is 0 Å². The summed E-state index contributed by atoms with van der Waals surface area (Å²) >= 11 is 0. The van der Waals surface area contributed by atoms with Gasteiger partial charge in [0.15, 0.2) is 0 Å². The normalized spacial score (nSPS) is 18.2. The number of nitrogen functional groups attached to an aromatic ring is 1. The molecule has 5 heteroatoms. The summed E-state index contributed by atoms with van der Waals surface area (Å²) in [5.74, 6) is -0.0900. The SMILES string of the molecule is CC(CNC(=O)c1cc(N)c[nH]1)N1CCCC1. The lowest BCUT2D eigenvalue weighted by atomic mass is 10.3. The maximum Gasteiger partial charge on any atom is 0.267 e. The molecule has 2 heterocycles. The van der Waals surface area contributed by atoms with E-state index in [1.807, 2.05) is 0 Å². The minimum absolute atomic E-state index is 0.0900. The third-order valence-corrected chi connectivity index (χ3v) is 3.27. The van der Waals surface area contributed by atoms with Crippen LogP contribution in [0.25, 0.3) is 0 Å². The Balaban J connectivity index is 1.79. The number of carbonyl (C=O) groups is 1. The topological polar surface area (TPSA) is 74.1 Å². The number of amides is 1. The number of carbonyl (C=O) groups excluding carboxylic acids is 1. The zero-order valence-corrected chi connectivity index (χ0v) is 10.2. The fourth-order valence-electron chi connectivity index (χ4n) is 2.19. The number of hydrogen-bond donors (Lipinski definition) is 3. The highest BCUT2D eigenvalue weighted by Gasteiger charge is 2.18. The van der Waals surface area contributed by atoms with Gasteiger partial charge in [-0.1, -0.05) is 0 Å². The first-order chi connectivity index (χ1) is 8.16. The monoisotopic (exact) mass is 236 g/mol. The minimum atomic E-state index is -0.0900. The molecule has 1 unspecified atom stereocenters. The molecule has 1 aromatic heterocycles. The van der Waals surface area contributed by atoms with Crippen LogP contribution in [0.5, 0.6) is 0 Å². The summed E-state index contributed by atoms with van der Waals surface area (Å²) in [6, 6.07) is 2.05. The number of aromatic amines is 1. The van der Waals surface area contributed by atoms with Crippen molar-refractivity contribution >= 4 is 11.6 Å². The Hall–Kier alpha value is -1.49. The molecule has 4 N–H and O–H groups in total. The quantitative estimate of drug-likeness (QED) is 0.724. The molecule has 0 aliphatic carbocycles. The van der Waals surface area contributed by atoms with Crippen molar-refractivity contribution in [2.45, 2.75) is 25.8 Å². The highest BCUT2D eigenvalue weighted by molar-refractivity contribution is 5.93. The number of nitrogens with one attached hydrogen (secondary N) is 2.